The number of likely N-dealkylation sites (tertiary alicyclic amines) is 1. The number of amidine groups is 1. The van der Waals surface area contributed by atoms with Crippen LogP contribution in [0.5, 0.6) is 0 Å². The first kappa shape index (κ1) is 15.1. The van der Waals surface area contributed by atoms with Gasteiger partial charge in [-0.25, -0.2) is 4.98 Å². The summed E-state index contributed by atoms with van der Waals surface area (Å²) in [6, 6.07) is 3.61. The molecule has 8 heteroatoms. The first-order chi connectivity index (χ1) is 9.50. The summed E-state index contributed by atoms with van der Waals surface area (Å²) in [5.74, 6) is 0.558. The van der Waals surface area contributed by atoms with Gasteiger partial charge >= 0.3 is 10.1 Å². The predicted molar refractivity (Wildman–Crippen MR) is 76.9 cm³/mol. The molecule has 0 amide bonds. The van der Waals surface area contributed by atoms with Crippen LogP contribution < -0.4 is 0 Å². The molecule has 0 N–H and O–H groups in total. The van der Waals surface area contributed by atoms with E-state index in [9.17, 15) is 8.42 Å². The summed E-state index contributed by atoms with van der Waals surface area (Å²) < 4.78 is 27.2. The van der Waals surface area contributed by atoms with Crippen LogP contribution in [0, 0.1) is 0 Å². The Morgan fingerprint density at radius 3 is 2.95 bits per heavy atom. The number of aromatic nitrogens is 1. The molecule has 0 spiro atoms. The van der Waals surface area contributed by atoms with E-state index in [-0.39, 0.29) is 5.75 Å². The van der Waals surface area contributed by atoms with Crippen molar-refractivity contribution >= 4 is 27.6 Å². The molecule has 2 rings (SSSR count). The highest BCUT2D eigenvalue weighted by Crippen LogP contribution is 2.16. The summed E-state index contributed by atoms with van der Waals surface area (Å²) >= 11 is 5.74. The highest BCUT2D eigenvalue weighted by atomic mass is 35.5. The Labute approximate surface area is 123 Å². The molecular formula is C12H16ClN3O3S. The quantitative estimate of drug-likeness (QED) is 0.613. The van der Waals surface area contributed by atoms with E-state index in [1.54, 1.807) is 12.3 Å². The Morgan fingerprint density at radius 1 is 1.50 bits per heavy atom. The van der Waals surface area contributed by atoms with Gasteiger partial charge in [-0.05, 0) is 25.0 Å². The fourth-order valence-electron chi connectivity index (χ4n) is 1.86. The molecule has 1 aliphatic rings. The minimum absolute atomic E-state index is 0.0924. The van der Waals surface area contributed by atoms with Crippen LogP contribution in [0.25, 0.3) is 0 Å². The molecule has 2 heterocycles. The number of oxime groups is 1. The summed E-state index contributed by atoms with van der Waals surface area (Å²) in [6.45, 7) is 2.94. The van der Waals surface area contributed by atoms with E-state index in [4.69, 9.17) is 11.6 Å². The first-order valence-electron chi connectivity index (χ1n) is 6.34. The third kappa shape index (κ3) is 4.08. The van der Waals surface area contributed by atoms with Crippen LogP contribution in [0.15, 0.2) is 23.5 Å². The van der Waals surface area contributed by atoms with Gasteiger partial charge in [0, 0.05) is 25.7 Å². The van der Waals surface area contributed by atoms with Gasteiger partial charge in [-0.1, -0.05) is 22.8 Å². The van der Waals surface area contributed by atoms with Gasteiger partial charge in [-0.3, -0.25) is 4.28 Å². The lowest BCUT2D eigenvalue weighted by Crippen LogP contribution is -2.25. The topological polar surface area (TPSA) is 71.9 Å². The van der Waals surface area contributed by atoms with E-state index in [0.29, 0.717) is 24.0 Å². The second-order valence-electron chi connectivity index (χ2n) is 4.44. The van der Waals surface area contributed by atoms with Gasteiger partial charge in [0.1, 0.15) is 11.0 Å². The van der Waals surface area contributed by atoms with E-state index in [2.05, 4.69) is 14.4 Å². The van der Waals surface area contributed by atoms with Crippen LogP contribution in [0.2, 0.25) is 5.15 Å². The van der Waals surface area contributed by atoms with Crippen molar-refractivity contribution in [3.8, 4) is 0 Å². The van der Waals surface area contributed by atoms with E-state index >= 15 is 0 Å². The SMILES string of the molecule is CCS(=O)(=O)ON=C1CCCN1Cc1ccc(Cl)nc1. The Bertz CT molecular complexity index is 586. The maximum Gasteiger partial charge on any atom is 0.328 e. The summed E-state index contributed by atoms with van der Waals surface area (Å²) in [6.07, 6.45) is 3.33. The second kappa shape index (κ2) is 6.41. The van der Waals surface area contributed by atoms with Crippen molar-refractivity contribution in [3.05, 3.63) is 29.0 Å². The standard InChI is InChI=1S/C12H16ClN3O3S/c1-2-20(17,18)19-15-12-4-3-7-16(12)9-10-5-6-11(13)14-8-10/h5-6,8H,2-4,7,9H2,1H3. The molecule has 0 aliphatic carbocycles. The van der Waals surface area contributed by atoms with Crippen molar-refractivity contribution in [2.24, 2.45) is 5.16 Å². The summed E-state index contributed by atoms with van der Waals surface area (Å²) in [5, 5.41) is 4.21. The molecule has 0 saturated carbocycles. The zero-order valence-electron chi connectivity index (χ0n) is 11.1. The van der Waals surface area contributed by atoms with Crippen molar-refractivity contribution < 1.29 is 12.7 Å². The number of hydrogen-bond donors (Lipinski definition) is 0. The molecule has 1 fully saturated rings. The lowest BCUT2D eigenvalue weighted by Gasteiger charge is -2.17. The molecule has 1 saturated heterocycles. The van der Waals surface area contributed by atoms with E-state index in [0.717, 1.165) is 18.5 Å². The van der Waals surface area contributed by atoms with E-state index < -0.39 is 10.1 Å². The largest absolute Gasteiger partial charge is 0.353 e. The van der Waals surface area contributed by atoms with Crippen LogP contribution in [-0.4, -0.2) is 36.4 Å². The van der Waals surface area contributed by atoms with Crippen molar-refractivity contribution in [2.75, 3.05) is 12.3 Å². The smallest absolute Gasteiger partial charge is 0.328 e. The first-order valence-corrected chi connectivity index (χ1v) is 8.29. The molecular weight excluding hydrogens is 302 g/mol. The predicted octanol–water partition coefficient (Wildman–Crippen LogP) is 2.01. The highest BCUT2D eigenvalue weighted by molar-refractivity contribution is 7.86. The van der Waals surface area contributed by atoms with Gasteiger partial charge in [0.2, 0.25) is 0 Å². The third-order valence-corrected chi connectivity index (χ3v) is 4.20. The van der Waals surface area contributed by atoms with Gasteiger partial charge in [0.25, 0.3) is 0 Å². The third-order valence-electron chi connectivity index (χ3n) is 2.97. The zero-order valence-corrected chi connectivity index (χ0v) is 12.7. The van der Waals surface area contributed by atoms with Crippen molar-refractivity contribution in [2.45, 2.75) is 26.3 Å². The van der Waals surface area contributed by atoms with Crippen molar-refractivity contribution in [3.63, 3.8) is 0 Å². The lowest BCUT2D eigenvalue weighted by atomic mass is 10.3. The number of pyridine rings is 1. The molecule has 6 nitrogen and oxygen atoms in total. The minimum Gasteiger partial charge on any atom is -0.353 e. The number of rotatable bonds is 5. The Balaban J connectivity index is 2.04. The van der Waals surface area contributed by atoms with E-state index in [1.165, 1.54) is 6.92 Å². The van der Waals surface area contributed by atoms with Crippen LogP contribution in [0.3, 0.4) is 0 Å². The average Bonchev–Trinajstić information content (AvgIpc) is 2.87. The molecule has 1 aliphatic heterocycles. The van der Waals surface area contributed by atoms with E-state index in [1.807, 2.05) is 11.0 Å². The van der Waals surface area contributed by atoms with Crippen LogP contribution >= 0.6 is 11.6 Å². The summed E-state index contributed by atoms with van der Waals surface area (Å²) in [4.78, 5) is 6.00. The van der Waals surface area contributed by atoms with Crippen LogP contribution in [0.1, 0.15) is 25.3 Å². The molecule has 0 aromatic carbocycles. The molecule has 20 heavy (non-hydrogen) atoms. The van der Waals surface area contributed by atoms with Crippen LogP contribution in [-0.2, 0) is 20.9 Å². The molecule has 0 radical (unpaired) electrons. The normalized spacial score (nSPS) is 17.7. The maximum absolute atomic E-state index is 11.3. The van der Waals surface area contributed by atoms with Gasteiger partial charge in [-0.15, -0.1) is 0 Å². The summed E-state index contributed by atoms with van der Waals surface area (Å²) in [5.41, 5.74) is 0.988. The fourth-order valence-corrected chi connectivity index (χ4v) is 2.28. The average molecular weight is 318 g/mol. The monoisotopic (exact) mass is 317 g/mol. The highest BCUT2D eigenvalue weighted by Gasteiger charge is 2.20. The molecule has 0 bridgehead atoms. The molecule has 110 valence electrons. The number of hydrogen-bond acceptors (Lipinski definition) is 5. The lowest BCUT2D eigenvalue weighted by molar-refractivity contribution is 0.325. The Morgan fingerprint density at radius 2 is 2.30 bits per heavy atom. The maximum atomic E-state index is 11.3. The van der Waals surface area contributed by atoms with Crippen molar-refractivity contribution in [1.29, 1.82) is 0 Å². The van der Waals surface area contributed by atoms with Gasteiger partial charge < -0.3 is 4.90 Å². The number of nitrogens with zero attached hydrogens (tertiary/aromatic N) is 3. The van der Waals surface area contributed by atoms with Gasteiger partial charge in [-0.2, -0.15) is 8.42 Å². The van der Waals surface area contributed by atoms with Crippen molar-refractivity contribution in [1.82, 2.24) is 9.88 Å². The molecule has 0 atom stereocenters. The molecule has 0 unspecified atom stereocenters. The van der Waals surface area contributed by atoms with Gasteiger partial charge in [0.15, 0.2) is 0 Å². The fraction of sp³-hybridized carbons (Fsp3) is 0.500. The second-order valence-corrected chi connectivity index (χ2v) is 6.67. The van der Waals surface area contributed by atoms with Gasteiger partial charge in [0.05, 0.1) is 5.75 Å². The molecule has 1 aromatic rings. The zero-order chi connectivity index (χ0) is 14.6. The Kier molecular flexibility index (Phi) is 4.82. The minimum atomic E-state index is -3.55. The number of halogens is 1. The van der Waals surface area contributed by atoms with Crippen LogP contribution in [0.4, 0.5) is 0 Å². The summed E-state index contributed by atoms with van der Waals surface area (Å²) in [7, 11) is -3.55. The Hall–Kier alpha value is -1.34. The molecule has 1 aromatic heterocycles.